The molecule has 39 heavy (non-hydrogen) atoms. The highest BCUT2D eigenvalue weighted by molar-refractivity contribution is 5.97. The molecular formula is C29H30F3N3O4. The van der Waals surface area contributed by atoms with Gasteiger partial charge in [-0.05, 0) is 74.4 Å². The van der Waals surface area contributed by atoms with Crippen LogP contribution in [0.3, 0.4) is 0 Å². The summed E-state index contributed by atoms with van der Waals surface area (Å²) >= 11 is 0. The summed E-state index contributed by atoms with van der Waals surface area (Å²) in [6, 6.07) is 13.0. The zero-order valence-corrected chi connectivity index (χ0v) is 22.1. The molecule has 1 amide bonds. The molecule has 7 nitrogen and oxygen atoms in total. The van der Waals surface area contributed by atoms with E-state index in [1.165, 1.54) is 18.1 Å². The number of ether oxygens (including phenoxy) is 1. The Kier molecular flexibility index (Phi) is 7.99. The van der Waals surface area contributed by atoms with E-state index in [-0.39, 0.29) is 17.9 Å². The normalized spacial score (nSPS) is 11.8. The second-order valence-corrected chi connectivity index (χ2v) is 9.49. The number of amides is 1. The van der Waals surface area contributed by atoms with E-state index in [1.807, 2.05) is 32.9 Å². The van der Waals surface area contributed by atoms with Gasteiger partial charge in [-0.3, -0.25) is 9.36 Å². The second-order valence-electron chi connectivity index (χ2n) is 9.49. The fourth-order valence-corrected chi connectivity index (χ4v) is 4.87. The van der Waals surface area contributed by atoms with E-state index in [2.05, 4.69) is 4.98 Å². The summed E-state index contributed by atoms with van der Waals surface area (Å²) in [6.45, 7) is 4.32. The lowest BCUT2D eigenvalue weighted by atomic mass is 9.98. The van der Waals surface area contributed by atoms with Crippen LogP contribution in [0.1, 0.15) is 38.4 Å². The predicted molar refractivity (Wildman–Crippen MR) is 141 cm³/mol. The van der Waals surface area contributed by atoms with Crippen LogP contribution < -0.4 is 4.74 Å². The van der Waals surface area contributed by atoms with Crippen LogP contribution >= 0.6 is 0 Å². The first-order valence-electron chi connectivity index (χ1n) is 12.3. The number of benzene rings is 3. The molecule has 0 bridgehead atoms. The van der Waals surface area contributed by atoms with E-state index in [4.69, 9.17) is 4.74 Å². The SMILES string of the molecule is COc1ccc(-n2c(CN(C(=O)c3c(C)cc(C)cc3C)C(CO)CO)nc3cc(C(F)(F)F)ccc32)cc1. The van der Waals surface area contributed by atoms with Crippen LogP contribution in [0.5, 0.6) is 5.75 Å². The molecule has 0 aliphatic heterocycles. The number of carbonyl (C=O) groups is 1. The minimum atomic E-state index is -4.56. The van der Waals surface area contributed by atoms with Crippen LogP contribution in [-0.4, -0.2) is 56.9 Å². The zero-order valence-electron chi connectivity index (χ0n) is 22.1. The van der Waals surface area contributed by atoms with Gasteiger partial charge in [-0.1, -0.05) is 17.7 Å². The smallest absolute Gasteiger partial charge is 0.416 e. The maximum absolute atomic E-state index is 13.9. The minimum Gasteiger partial charge on any atom is -0.497 e. The summed E-state index contributed by atoms with van der Waals surface area (Å²) in [5, 5.41) is 20.1. The van der Waals surface area contributed by atoms with Crippen molar-refractivity contribution in [3.63, 3.8) is 0 Å². The van der Waals surface area contributed by atoms with Gasteiger partial charge in [-0.2, -0.15) is 13.2 Å². The highest BCUT2D eigenvalue weighted by Crippen LogP contribution is 2.33. The highest BCUT2D eigenvalue weighted by Gasteiger charge is 2.32. The standard InChI is InChI=1S/C29H30F3N3O4/c1-17-11-18(2)27(19(3)12-17)28(38)34(22(15-36)16-37)14-26-33-24-13-20(29(30,31)32)5-10-25(24)35(26)21-6-8-23(39-4)9-7-21/h5-13,22,36-37H,14-16H2,1-4H3. The number of imidazole rings is 1. The number of fused-ring (bicyclic) bond motifs is 1. The number of aromatic nitrogens is 2. The molecule has 4 aromatic rings. The van der Waals surface area contributed by atoms with Crippen LogP contribution in [0, 0.1) is 20.8 Å². The van der Waals surface area contributed by atoms with Crippen molar-refractivity contribution in [2.75, 3.05) is 20.3 Å². The highest BCUT2D eigenvalue weighted by atomic mass is 19.4. The molecule has 0 saturated carbocycles. The first-order valence-corrected chi connectivity index (χ1v) is 12.3. The lowest BCUT2D eigenvalue weighted by Gasteiger charge is -2.30. The van der Waals surface area contributed by atoms with E-state index in [1.54, 1.807) is 28.8 Å². The maximum atomic E-state index is 13.9. The van der Waals surface area contributed by atoms with Gasteiger partial charge in [0.25, 0.3) is 5.91 Å². The monoisotopic (exact) mass is 541 g/mol. The summed E-state index contributed by atoms with van der Waals surface area (Å²) in [7, 11) is 1.52. The first kappa shape index (κ1) is 28.1. The molecule has 1 heterocycles. The molecule has 0 aliphatic rings. The number of methoxy groups -OCH3 is 1. The third-order valence-corrected chi connectivity index (χ3v) is 6.71. The average molecular weight is 542 g/mol. The third kappa shape index (κ3) is 5.62. The first-order chi connectivity index (χ1) is 18.5. The van der Waals surface area contributed by atoms with Gasteiger partial charge in [-0.25, -0.2) is 4.98 Å². The molecule has 0 unspecified atom stereocenters. The van der Waals surface area contributed by atoms with Crippen molar-refractivity contribution in [1.82, 2.24) is 14.5 Å². The zero-order chi connectivity index (χ0) is 28.5. The van der Waals surface area contributed by atoms with E-state index in [0.717, 1.165) is 28.8 Å². The van der Waals surface area contributed by atoms with Gasteiger partial charge in [-0.15, -0.1) is 0 Å². The number of aliphatic hydroxyl groups excluding tert-OH is 2. The number of aryl methyl sites for hydroxylation is 3. The fourth-order valence-electron chi connectivity index (χ4n) is 4.87. The summed E-state index contributed by atoms with van der Waals surface area (Å²) in [6.07, 6.45) is -4.56. The Morgan fingerprint density at radius 1 is 1.00 bits per heavy atom. The van der Waals surface area contributed by atoms with E-state index >= 15 is 0 Å². The van der Waals surface area contributed by atoms with Crippen molar-refractivity contribution in [3.05, 3.63) is 88.2 Å². The molecule has 10 heteroatoms. The minimum absolute atomic E-state index is 0.0929. The Balaban J connectivity index is 1.90. The summed E-state index contributed by atoms with van der Waals surface area (Å²) in [5.41, 5.74) is 3.12. The van der Waals surface area contributed by atoms with E-state index in [0.29, 0.717) is 22.5 Å². The quantitative estimate of drug-likeness (QED) is 0.329. The molecule has 0 aliphatic carbocycles. The number of nitrogens with zero attached hydrogens (tertiary/aromatic N) is 3. The van der Waals surface area contributed by atoms with Gasteiger partial charge >= 0.3 is 6.18 Å². The van der Waals surface area contributed by atoms with Crippen molar-refractivity contribution < 1.29 is 32.9 Å². The molecule has 0 radical (unpaired) electrons. The molecule has 0 saturated heterocycles. The van der Waals surface area contributed by atoms with Crippen LogP contribution in [0.15, 0.2) is 54.6 Å². The molecule has 1 aromatic heterocycles. The molecular weight excluding hydrogens is 511 g/mol. The maximum Gasteiger partial charge on any atom is 0.416 e. The molecule has 206 valence electrons. The summed E-state index contributed by atoms with van der Waals surface area (Å²) in [4.78, 5) is 19.7. The summed E-state index contributed by atoms with van der Waals surface area (Å²) in [5.74, 6) is 0.423. The molecule has 4 rings (SSSR count). The molecule has 0 atom stereocenters. The van der Waals surface area contributed by atoms with E-state index < -0.39 is 36.9 Å². The Labute approximate surface area is 224 Å². The van der Waals surface area contributed by atoms with Crippen LogP contribution in [-0.2, 0) is 12.7 Å². The van der Waals surface area contributed by atoms with Crippen molar-refractivity contribution in [2.24, 2.45) is 0 Å². The Morgan fingerprint density at radius 2 is 1.62 bits per heavy atom. The average Bonchev–Trinajstić information content (AvgIpc) is 3.25. The predicted octanol–water partition coefficient (Wildman–Crippen LogP) is 4.97. The van der Waals surface area contributed by atoms with Crippen molar-refractivity contribution in [3.8, 4) is 11.4 Å². The number of halogens is 3. The largest absolute Gasteiger partial charge is 0.497 e. The second kappa shape index (κ2) is 11.1. The number of aliphatic hydroxyl groups is 2. The van der Waals surface area contributed by atoms with Crippen LogP contribution in [0.25, 0.3) is 16.7 Å². The number of carbonyl (C=O) groups excluding carboxylic acids is 1. The molecule has 3 aromatic carbocycles. The van der Waals surface area contributed by atoms with Crippen LogP contribution in [0.4, 0.5) is 13.2 Å². The number of alkyl halides is 3. The third-order valence-electron chi connectivity index (χ3n) is 6.71. The Morgan fingerprint density at radius 3 is 2.15 bits per heavy atom. The van der Waals surface area contributed by atoms with E-state index in [9.17, 15) is 28.2 Å². The fraction of sp³-hybridized carbons (Fsp3) is 0.310. The summed E-state index contributed by atoms with van der Waals surface area (Å²) < 4.78 is 47.3. The van der Waals surface area contributed by atoms with Crippen molar-refractivity contribution in [2.45, 2.75) is 39.5 Å². The van der Waals surface area contributed by atoms with Crippen LogP contribution in [0.2, 0.25) is 0 Å². The van der Waals surface area contributed by atoms with Gasteiger partial charge in [0.05, 0.1) is 49.5 Å². The van der Waals surface area contributed by atoms with Gasteiger partial charge in [0, 0.05) is 11.3 Å². The molecule has 2 N–H and O–H groups in total. The van der Waals surface area contributed by atoms with Crippen molar-refractivity contribution >= 4 is 16.9 Å². The molecule has 0 spiro atoms. The van der Waals surface area contributed by atoms with Gasteiger partial charge in [0.2, 0.25) is 0 Å². The Hall–Kier alpha value is -3.89. The number of hydrogen-bond acceptors (Lipinski definition) is 5. The van der Waals surface area contributed by atoms with Crippen molar-refractivity contribution in [1.29, 1.82) is 0 Å². The topological polar surface area (TPSA) is 87.8 Å². The lowest BCUT2D eigenvalue weighted by Crippen LogP contribution is -2.45. The number of rotatable bonds is 8. The Bertz CT molecular complexity index is 1470. The number of hydrogen-bond donors (Lipinski definition) is 2. The van der Waals surface area contributed by atoms with Gasteiger partial charge in [0.1, 0.15) is 11.6 Å². The lowest BCUT2D eigenvalue weighted by molar-refractivity contribution is -0.137. The molecule has 0 fully saturated rings. The van der Waals surface area contributed by atoms with Gasteiger partial charge in [0.15, 0.2) is 0 Å². The van der Waals surface area contributed by atoms with Gasteiger partial charge < -0.3 is 19.8 Å².